The summed E-state index contributed by atoms with van der Waals surface area (Å²) in [4.78, 5) is 7.44. The number of hydrogen-bond donors (Lipinski definition) is 0. The van der Waals surface area contributed by atoms with Crippen LogP contribution in [0.15, 0.2) is 71.0 Å². The van der Waals surface area contributed by atoms with Gasteiger partial charge in [0.15, 0.2) is 16.0 Å². The third-order valence-electron chi connectivity index (χ3n) is 5.94. The van der Waals surface area contributed by atoms with Crippen molar-refractivity contribution in [1.82, 2.24) is 19.6 Å². The molecule has 3 aromatic heterocycles. The molecule has 0 radical (unpaired) electrons. The fourth-order valence-corrected chi connectivity index (χ4v) is 7.27. The van der Waals surface area contributed by atoms with Crippen molar-refractivity contribution in [2.75, 3.05) is 0 Å². The molecule has 172 valence electrons. The van der Waals surface area contributed by atoms with Crippen molar-refractivity contribution in [3.05, 3.63) is 82.2 Å². The Morgan fingerprint density at radius 1 is 0.912 bits per heavy atom. The molecule has 2 aromatic carbocycles. The monoisotopic (exact) mass is 504 g/mol. The lowest BCUT2D eigenvalue weighted by atomic mass is 9.94. The van der Waals surface area contributed by atoms with Gasteiger partial charge in [-0.25, -0.2) is 9.38 Å². The van der Waals surface area contributed by atoms with E-state index in [-0.39, 0.29) is 5.60 Å². The minimum absolute atomic E-state index is 0.191. The average molecular weight is 505 g/mol. The maximum atomic E-state index is 6.09. The molecule has 0 spiro atoms. The Kier molecular flexibility index (Phi) is 5.85. The van der Waals surface area contributed by atoms with Gasteiger partial charge in [-0.2, -0.15) is 0 Å². The summed E-state index contributed by atoms with van der Waals surface area (Å²) in [5, 5.41) is 12.3. The third kappa shape index (κ3) is 4.24. The van der Waals surface area contributed by atoms with Gasteiger partial charge in [-0.1, -0.05) is 84.2 Å². The van der Waals surface area contributed by atoms with Crippen molar-refractivity contribution < 1.29 is 4.74 Å². The van der Waals surface area contributed by atoms with Crippen LogP contribution in [-0.4, -0.2) is 25.2 Å². The highest BCUT2D eigenvalue weighted by atomic mass is 32.2. The van der Waals surface area contributed by atoms with Gasteiger partial charge < -0.3 is 4.74 Å². The summed E-state index contributed by atoms with van der Waals surface area (Å²) in [6.45, 7) is 4.93. The first-order valence-electron chi connectivity index (χ1n) is 11.2. The number of aromatic nitrogens is 4. The van der Waals surface area contributed by atoms with E-state index in [4.69, 9.17) is 14.8 Å². The summed E-state index contributed by atoms with van der Waals surface area (Å²) in [7, 11) is 0. The van der Waals surface area contributed by atoms with Crippen LogP contribution in [0.5, 0.6) is 0 Å². The number of ether oxygens (including phenoxy) is 1. The van der Waals surface area contributed by atoms with Crippen LogP contribution >= 0.6 is 34.9 Å². The molecule has 6 rings (SSSR count). The smallest absolute Gasteiger partial charge is 0.198 e. The first kappa shape index (κ1) is 22.1. The van der Waals surface area contributed by atoms with E-state index in [0.717, 1.165) is 44.1 Å². The van der Waals surface area contributed by atoms with E-state index in [9.17, 15) is 0 Å². The summed E-state index contributed by atoms with van der Waals surface area (Å²) >= 11 is 5.18. The Labute approximate surface area is 211 Å². The van der Waals surface area contributed by atoms with E-state index in [1.165, 1.54) is 21.6 Å². The fourth-order valence-electron chi connectivity index (χ4n) is 4.22. The maximum absolute atomic E-state index is 6.09. The number of benzene rings is 2. The molecule has 5 nitrogen and oxygen atoms in total. The van der Waals surface area contributed by atoms with Gasteiger partial charge in [0.25, 0.3) is 0 Å². The Bertz CT molecular complexity index is 1460. The molecule has 8 heteroatoms. The van der Waals surface area contributed by atoms with Crippen molar-refractivity contribution in [3.8, 4) is 0 Å². The van der Waals surface area contributed by atoms with Gasteiger partial charge in [-0.15, -0.1) is 21.5 Å². The van der Waals surface area contributed by atoms with Gasteiger partial charge in [0.2, 0.25) is 0 Å². The van der Waals surface area contributed by atoms with Gasteiger partial charge in [0.05, 0.1) is 17.6 Å². The van der Waals surface area contributed by atoms with Crippen LogP contribution in [-0.2, 0) is 29.3 Å². The predicted molar refractivity (Wildman–Crippen MR) is 141 cm³/mol. The average Bonchev–Trinajstić information content (AvgIpc) is 3.43. The molecule has 1 aliphatic heterocycles. The highest BCUT2D eigenvalue weighted by molar-refractivity contribution is 7.99. The zero-order chi connectivity index (χ0) is 23.1. The molecular formula is C26H24N4OS3. The third-order valence-corrected chi connectivity index (χ3v) is 9.04. The topological polar surface area (TPSA) is 52.3 Å². The number of hydrogen-bond acceptors (Lipinski definition) is 7. The SMILES string of the molecule is CC1(C)Cc2c(sc3nc(SCc4ccccc4)n4c(SCc5ccccc5)nnc4c23)CO1. The molecular weight excluding hydrogens is 481 g/mol. The van der Waals surface area contributed by atoms with Crippen LogP contribution in [0.2, 0.25) is 0 Å². The van der Waals surface area contributed by atoms with Crippen LogP contribution in [0.1, 0.15) is 35.4 Å². The van der Waals surface area contributed by atoms with Gasteiger partial charge in [0.1, 0.15) is 4.83 Å². The summed E-state index contributed by atoms with van der Waals surface area (Å²) in [6, 6.07) is 21.0. The standard InChI is InChI=1S/C26H24N4OS3/c1-26(2)13-19-20(14-31-26)34-23-21(19)22-28-29-25(33-16-18-11-7-4-8-12-18)30(22)24(27-23)32-15-17-9-5-3-6-10-17/h3-12H,13-16H2,1-2H3. The van der Waals surface area contributed by atoms with Crippen LogP contribution in [0.4, 0.5) is 0 Å². The van der Waals surface area contributed by atoms with Crippen molar-refractivity contribution in [2.45, 2.75) is 54.3 Å². The second-order valence-electron chi connectivity index (χ2n) is 8.99. The number of thioether (sulfide) groups is 2. The quantitative estimate of drug-likeness (QED) is 0.188. The van der Waals surface area contributed by atoms with E-state index >= 15 is 0 Å². The molecule has 34 heavy (non-hydrogen) atoms. The molecule has 1 aliphatic rings. The molecule has 0 amide bonds. The fraction of sp³-hybridized carbons (Fsp3) is 0.269. The minimum Gasteiger partial charge on any atom is -0.370 e. The van der Waals surface area contributed by atoms with E-state index in [1.54, 1.807) is 34.9 Å². The molecule has 0 saturated carbocycles. The Hall–Kier alpha value is -2.39. The summed E-state index contributed by atoms with van der Waals surface area (Å²) in [6.07, 6.45) is 0.857. The molecule has 4 heterocycles. The number of fused-ring (bicyclic) bond motifs is 5. The van der Waals surface area contributed by atoms with Crippen molar-refractivity contribution in [2.24, 2.45) is 0 Å². The first-order valence-corrected chi connectivity index (χ1v) is 14.0. The lowest BCUT2D eigenvalue weighted by Crippen LogP contribution is -2.31. The van der Waals surface area contributed by atoms with Crippen LogP contribution in [0, 0.1) is 0 Å². The van der Waals surface area contributed by atoms with Crippen molar-refractivity contribution >= 4 is 50.7 Å². The Balaban J connectivity index is 1.45. The molecule has 5 aromatic rings. The van der Waals surface area contributed by atoms with Gasteiger partial charge in [-0.05, 0) is 30.5 Å². The van der Waals surface area contributed by atoms with Crippen LogP contribution in [0.3, 0.4) is 0 Å². The minimum atomic E-state index is -0.191. The predicted octanol–water partition coefficient (Wildman–Crippen LogP) is 6.77. The molecule has 0 aliphatic carbocycles. The zero-order valence-electron chi connectivity index (χ0n) is 19.0. The van der Waals surface area contributed by atoms with Gasteiger partial charge in [0, 0.05) is 22.8 Å². The van der Waals surface area contributed by atoms with E-state index in [1.807, 2.05) is 6.07 Å². The summed E-state index contributed by atoms with van der Waals surface area (Å²) in [5.74, 6) is 1.68. The summed E-state index contributed by atoms with van der Waals surface area (Å²) < 4.78 is 8.26. The highest BCUT2D eigenvalue weighted by Crippen LogP contribution is 2.42. The van der Waals surface area contributed by atoms with E-state index in [0.29, 0.717) is 6.61 Å². The molecule has 0 bridgehead atoms. The first-order chi connectivity index (χ1) is 16.6. The lowest BCUT2D eigenvalue weighted by Gasteiger charge is -2.30. The number of nitrogens with zero attached hydrogens (tertiary/aromatic N) is 4. The van der Waals surface area contributed by atoms with E-state index < -0.39 is 0 Å². The molecule has 0 unspecified atom stereocenters. The van der Waals surface area contributed by atoms with Crippen molar-refractivity contribution in [3.63, 3.8) is 0 Å². The van der Waals surface area contributed by atoms with E-state index in [2.05, 4.69) is 77.9 Å². The van der Waals surface area contributed by atoms with Gasteiger partial charge in [-0.3, -0.25) is 0 Å². The molecule has 0 saturated heterocycles. The lowest BCUT2D eigenvalue weighted by molar-refractivity contribution is -0.0379. The normalized spacial score (nSPS) is 15.1. The second kappa shape index (κ2) is 9.00. The van der Waals surface area contributed by atoms with Crippen LogP contribution in [0.25, 0.3) is 15.9 Å². The van der Waals surface area contributed by atoms with Crippen LogP contribution < -0.4 is 0 Å². The second-order valence-corrected chi connectivity index (χ2v) is 12.0. The maximum Gasteiger partial charge on any atom is 0.198 e. The highest BCUT2D eigenvalue weighted by Gasteiger charge is 2.31. The largest absolute Gasteiger partial charge is 0.370 e. The number of thiophene rings is 1. The number of rotatable bonds is 6. The zero-order valence-corrected chi connectivity index (χ0v) is 21.5. The molecule has 0 atom stereocenters. The van der Waals surface area contributed by atoms with Gasteiger partial charge >= 0.3 is 0 Å². The summed E-state index contributed by atoms with van der Waals surface area (Å²) in [5.41, 5.74) is 4.58. The molecule has 0 N–H and O–H groups in total. The van der Waals surface area contributed by atoms with Crippen molar-refractivity contribution in [1.29, 1.82) is 0 Å². The Morgan fingerprint density at radius 2 is 1.56 bits per heavy atom. The molecule has 0 fully saturated rings. The Morgan fingerprint density at radius 3 is 2.24 bits per heavy atom.